The number of alkyl halides is 1. The number of hydrogen-bond donors (Lipinski definition) is 0. The number of allylic oxidation sites excluding steroid dienone is 2. The highest BCUT2D eigenvalue weighted by Crippen LogP contribution is 2.69. The molecule has 0 N–H and O–H groups in total. The maximum Gasteiger partial charge on any atom is 0.0219 e. The van der Waals surface area contributed by atoms with Crippen LogP contribution < -0.4 is 0 Å². The van der Waals surface area contributed by atoms with Crippen molar-refractivity contribution in [2.45, 2.75) is 24.1 Å². The van der Waals surface area contributed by atoms with Crippen molar-refractivity contribution in [1.29, 1.82) is 0 Å². The van der Waals surface area contributed by atoms with Crippen LogP contribution in [-0.4, -0.2) is 4.83 Å². The fraction of sp³-hybridized carbons (Fsp3) is 0.778. The van der Waals surface area contributed by atoms with Crippen LogP contribution in [0, 0.1) is 17.3 Å². The van der Waals surface area contributed by atoms with Crippen molar-refractivity contribution < 1.29 is 0 Å². The van der Waals surface area contributed by atoms with Crippen molar-refractivity contribution in [2.75, 3.05) is 0 Å². The van der Waals surface area contributed by atoms with Gasteiger partial charge in [0.15, 0.2) is 0 Å². The van der Waals surface area contributed by atoms with E-state index in [1.165, 1.54) is 19.3 Å². The second-order valence-corrected chi connectivity index (χ2v) is 5.18. The summed E-state index contributed by atoms with van der Waals surface area (Å²) in [6.45, 7) is 0. The molecule has 10 heavy (non-hydrogen) atoms. The third-order valence-corrected chi connectivity index (χ3v) is 4.59. The van der Waals surface area contributed by atoms with Crippen molar-refractivity contribution in [3.8, 4) is 0 Å². The van der Waals surface area contributed by atoms with Crippen molar-refractivity contribution in [2.24, 2.45) is 17.3 Å². The van der Waals surface area contributed by atoms with E-state index in [-0.39, 0.29) is 0 Å². The minimum atomic E-state index is 0.786. The lowest BCUT2D eigenvalue weighted by atomic mass is 9.93. The molecule has 0 aromatic heterocycles. The van der Waals surface area contributed by atoms with Crippen LogP contribution >= 0.6 is 15.9 Å². The van der Waals surface area contributed by atoms with Gasteiger partial charge in [0.25, 0.3) is 0 Å². The zero-order chi connectivity index (χ0) is 6.77. The van der Waals surface area contributed by atoms with Gasteiger partial charge in [0.05, 0.1) is 0 Å². The summed E-state index contributed by atoms with van der Waals surface area (Å²) in [5.41, 5.74) is 0.786. The van der Waals surface area contributed by atoms with E-state index in [2.05, 4.69) is 28.1 Å². The second kappa shape index (κ2) is 1.52. The topological polar surface area (TPSA) is 0 Å². The molecule has 0 nitrogen and oxygen atoms in total. The predicted molar refractivity (Wildman–Crippen MR) is 45.1 cm³/mol. The first-order chi connectivity index (χ1) is 4.83. The van der Waals surface area contributed by atoms with Crippen molar-refractivity contribution >= 4 is 15.9 Å². The molecule has 3 rings (SSSR count). The highest BCUT2D eigenvalue weighted by Gasteiger charge is 2.62. The molecule has 0 aromatic carbocycles. The van der Waals surface area contributed by atoms with Gasteiger partial charge in [-0.15, -0.1) is 0 Å². The van der Waals surface area contributed by atoms with Crippen LogP contribution in [0.1, 0.15) is 19.3 Å². The Morgan fingerprint density at radius 1 is 1.30 bits per heavy atom. The van der Waals surface area contributed by atoms with E-state index in [1.54, 1.807) is 0 Å². The Kier molecular flexibility index (Phi) is 0.887. The van der Waals surface area contributed by atoms with E-state index < -0.39 is 0 Å². The molecule has 0 aliphatic heterocycles. The highest BCUT2D eigenvalue weighted by atomic mass is 79.9. The molecule has 0 saturated heterocycles. The summed E-state index contributed by atoms with van der Waals surface area (Å²) in [7, 11) is 0. The molecule has 54 valence electrons. The van der Waals surface area contributed by atoms with Crippen LogP contribution in [0.4, 0.5) is 0 Å². The molecule has 0 amide bonds. The van der Waals surface area contributed by atoms with Gasteiger partial charge in [0.1, 0.15) is 0 Å². The first-order valence-corrected chi connectivity index (χ1v) is 5.07. The summed E-state index contributed by atoms with van der Waals surface area (Å²) in [4.78, 5) is 0.810. The summed E-state index contributed by atoms with van der Waals surface area (Å²) in [5.74, 6) is 1.85. The van der Waals surface area contributed by atoms with E-state index >= 15 is 0 Å². The van der Waals surface area contributed by atoms with Gasteiger partial charge >= 0.3 is 0 Å². The summed E-state index contributed by atoms with van der Waals surface area (Å²) in [6.07, 6.45) is 9.30. The van der Waals surface area contributed by atoms with Gasteiger partial charge < -0.3 is 0 Å². The Bertz CT molecular complexity index is 203. The maximum absolute atomic E-state index is 3.76. The van der Waals surface area contributed by atoms with Gasteiger partial charge in [-0.2, -0.15) is 0 Å². The molecule has 3 aliphatic rings. The van der Waals surface area contributed by atoms with Crippen LogP contribution in [0.15, 0.2) is 12.2 Å². The molecule has 1 heteroatoms. The maximum atomic E-state index is 3.76. The van der Waals surface area contributed by atoms with Crippen LogP contribution in [-0.2, 0) is 0 Å². The Hall–Kier alpha value is 0.220. The molecular formula is C9H11Br. The predicted octanol–water partition coefficient (Wildman–Crippen LogP) is 2.74. The average molecular weight is 199 g/mol. The van der Waals surface area contributed by atoms with Crippen molar-refractivity contribution in [3.05, 3.63) is 12.2 Å². The van der Waals surface area contributed by atoms with Crippen LogP contribution in [0.25, 0.3) is 0 Å². The molecule has 1 spiro atoms. The molecule has 2 fully saturated rings. The van der Waals surface area contributed by atoms with Crippen LogP contribution in [0.3, 0.4) is 0 Å². The third-order valence-electron chi connectivity index (χ3n) is 3.65. The third kappa shape index (κ3) is 0.469. The highest BCUT2D eigenvalue weighted by molar-refractivity contribution is 9.09. The average Bonchev–Trinajstić information content (AvgIpc) is 2.55. The van der Waals surface area contributed by atoms with Gasteiger partial charge in [-0.05, 0) is 36.5 Å². The normalized spacial score (nSPS) is 52.7. The SMILES string of the molecule is Br[C@@H]1C[C@@H]2C=C[C@H]1C21CC1. The smallest absolute Gasteiger partial charge is 0.0219 e. The fourth-order valence-electron chi connectivity index (χ4n) is 2.92. The van der Waals surface area contributed by atoms with Crippen LogP contribution in [0.5, 0.6) is 0 Å². The molecular weight excluding hydrogens is 188 g/mol. The Labute approximate surface area is 69.8 Å². The Morgan fingerprint density at radius 2 is 2.10 bits per heavy atom. The molecule has 2 saturated carbocycles. The summed E-state index contributed by atoms with van der Waals surface area (Å²) >= 11 is 3.76. The van der Waals surface area contributed by atoms with E-state index in [0.29, 0.717) is 0 Å². The first-order valence-electron chi connectivity index (χ1n) is 4.15. The Balaban J connectivity index is 2.06. The van der Waals surface area contributed by atoms with Crippen LogP contribution in [0.2, 0.25) is 0 Å². The molecule has 2 bridgehead atoms. The van der Waals surface area contributed by atoms with Gasteiger partial charge in [0.2, 0.25) is 0 Å². The molecule has 0 unspecified atom stereocenters. The van der Waals surface area contributed by atoms with E-state index in [1.807, 2.05) is 0 Å². The fourth-order valence-corrected chi connectivity index (χ4v) is 4.02. The molecule has 0 aromatic rings. The lowest BCUT2D eigenvalue weighted by Crippen LogP contribution is -2.10. The van der Waals surface area contributed by atoms with Crippen molar-refractivity contribution in [3.63, 3.8) is 0 Å². The van der Waals surface area contributed by atoms with E-state index in [9.17, 15) is 0 Å². The van der Waals surface area contributed by atoms with Gasteiger partial charge in [-0.1, -0.05) is 28.1 Å². The summed E-state index contributed by atoms with van der Waals surface area (Å²) in [6, 6.07) is 0. The van der Waals surface area contributed by atoms with E-state index in [0.717, 1.165) is 22.1 Å². The van der Waals surface area contributed by atoms with Crippen molar-refractivity contribution in [1.82, 2.24) is 0 Å². The molecule has 3 atom stereocenters. The zero-order valence-electron chi connectivity index (χ0n) is 5.89. The Morgan fingerprint density at radius 3 is 2.40 bits per heavy atom. The standard InChI is InChI=1S/C9H11Br/c10-8-5-6-1-2-7(8)9(6)3-4-9/h1-2,6-8H,3-5H2/t6-,7+,8+/m0/s1. The summed E-state index contributed by atoms with van der Waals surface area (Å²) in [5, 5.41) is 0. The van der Waals surface area contributed by atoms with E-state index in [4.69, 9.17) is 0 Å². The molecule has 3 aliphatic carbocycles. The number of rotatable bonds is 0. The largest absolute Gasteiger partial charge is 0.0884 e. The quantitative estimate of drug-likeness (QED) is 0.415. The number of halogens is 1. The second-order valence-electron chi connectivity index (χ2n) is 4.00. The minimum absolute atomic E-state index is 0.786. The molecule has 0 radical (unpaired) electrons. The molecule has 0 heterocycles. The lowest BCUT2D eigenvalue weighted by Gasteiger charge is -2.13. The lowest BCUT2D eigenvalue weighted by molar-refractivity contribution is 0.407. The summed E-state index contributed by atoms with van der Waals surface area (Å²) < 4.78 is 0. The minimum Gasteiger partial charge on any atom is -0.0884 e. The van der Waals surface area contributed by atoms with Gasteiger partial charge in [-0.3, -0.25) is 0 Å². The first kappa shape index (κ1) is 5.82. The van der Waals surface area contributed by atoms with Gasteiger partial charge in [0, 0.05) is 4.83 Å². The number of hydrogen-bond acceptors (Lipinski definition) is 0. The zero-order valence-corrected chi connectivity index (χ0v) is 7.47. The van der Waals surface area contributed by atoms with Gasteiger partial charge in [-0.25, -0.2) is 0 Å². The monoisotopic (exact) mass is 198 g/mol.